The number of nitrogens with zero attached hydrogens (tertiary/aromatic N) is 3. The minimum absolute atomic E-state index is 0.0431. The SMILES string of the molecule is COCCCn1c(=C(C#N)C#N)s/c(=C\c2cccc(C)c2)c1=O. The second-order valence-electron chi connectivity index (χ2n) is 5.23. The molecule has 0 N–H and O–H groups in total. The van der Waals surface area contributed by atoms with Crippen molar-refractivity contribution >= 4 is 23.0 Å². The minimum atomic E-state index is -0.185. The summed E-state index contributed by atoms with van der Waals surface area (Å²) in [6.45, 7) is 2.90. The third-order valence-corrected chi connectivity index (χ3v) is 4.55. The summed E-state index contributed by atoms with van der Waals surface area (Å²) in [7, 11) is 1.59. The molecule has 0 aliphatic carbocycles. The number of thiazole rings is 1. The summed E-state index contributed by atoms with van der Waals surface area (Å²) in [4.78, 5) is 12.7. The highest BCUT2D eigenvalue weighted by atomic mass is 32.1. The number of rotatable bonds is 5. The third kappa shape index (κ3) is 3.99. The molecule has 0 saturated carbocycles. The highest BCUT2D eigenvalue weighted by molar-refractivity contribution is 7.07. The molecular weight excluding hydrogens is 322 g/mol. The lowest BCUT2D eigenvalue weighted by molar-refractivity contribution is 0.190. The molecule has 122 valence electrons. The lowest BCUT2D eigenvalue weighted by Crippen LogP contribution is -2.32. The molecule has 0 spiro atoms. The Hall–Kier alpha value is -2.67. The van der Waals surface area contributed by atoms with Gasteiger partial charge in [0.1, 0.15) is 16.8 Å². The van der Waals surface area contributed by atoms with E-state index in [1.807, 2.05) is 43.3 Å². The van der Waals surface area contributed by atoms with Crippen LogP contribution in [0, 0.1) is 29.6 Å². The maximum atomic E-state index is 12.7. The quantitative estimate of drug-likeness (QED) is 0.769. The molecule has 1 aromatic heterocycles. The molecule has 2 aromatic rings. The van der Waals surface area contributed by atoms with E-state index in [9.17, 15) is 4.79 Å². The summed E-state index contributed by atoms with van der Waals surface area (Å²) >= 11 is 1.17. The molecule has 0 unspecified atom stereocenters. The first-order valence-corrected chi connectivity index (χ1v) is 8.24. The zero-order chi connectivity index (χ0) is 17.5. The van der Waals surface area contributed by atoms with E-state index in [2.05, 4.69) is 0 Å². The molecule has 0 amide bonds. The van der Waals surface area contributed by atoms with Crippen LogP contribution in [0.1, 0.15) is 17.5 Å². The first-order valence-electron chi connectivity index (χ1n) is 7.42. The third-order valence-electron chi connectivity index (χ3n) is 3.42. The number of hydrogen-bond donors (Lipinski definition) is 0. The van der Waals surface area contributed by atoms with E-state index in [-0.39, 0.29) is 11.1 Å². The van der Waals surface area contributed by atoms with Gasteiger partial charge >= 0.3 is 0 Å². The van der Waals surface area contributed by atoms with Crippen LogP contribution in [0.5, 0.6) is 0 Å². The molecule has 24 heavy (non-hydrogen) atoms. The molecule has 0 fully saturated rings. The number of aromatic nitrogens is 1. The van der Waals surface area contributed by atoms with E-state index < -0.39 is 0 Å². The molecule has 0 atom stereocenters. The number of aryl methyl sites for hydroxylation is 1. The van der Waals surface area contributed by atoms with Crippen LogP contribution < -0.4 is 14.8 Å². The molecule has 1 heterocycles. The Morgan fingerprint density at radius 2 is 2.12 bits per heavy atom. The number of methoxy groups -OCH3 is 1. The highest BCUT2D eigenvalue weighted by Gasteiger charge is 2.09. The summed E-state index contributed by atoms with van der Waals surface area (Å²) in [6, 6.07) is 11.6. The summed E-state index contributed by atoms with van der Waals surface area (Å²) in [5.41, 5.74) is 1.79. The lowest BCUT2D eigenvalue weighted by atomic mass is 10.1. The van der Waals surface area contributed by atoms with Crippen LogP contribution in [0.2, 0.25) is 0 Å². The monoisotopic (exact) mass is 339 g/mol. The lowest BCUT2D eigenvalue weighted by Gasteiger charge is -2.01. The Morgan fingerprint density at radius 3 is 2.75 bits per heavy atom. The van der Waals surface area contributed by atoms with Gasteiger partial charge in [0.15, 0.2) is 5.57 Å². The summed E-state index contributed by atoms with van der Waals surface area (Å²) in [5, 5.41) is 18.3. The molecule has 0 radical (unpaired) electrons. The first kappa shape index (κ1) is 17.7. The van der Waals surface area contributed by atoms with E-state index in [1.165, 1.54) is 15.9 Å². The fraction of sp³-hybridized carbons (Fsp3) is 0.278. The second-order valence-corrected chi connectivity index (χ2v) is 6.26. The van der Waals surface area contributed by atoms with Crippen LogP contribution in [0.3, 0.4) is 0 Å². The van der Waals surface area contributed by atoms with Gasteiger partial charge in [-0.15, -0.1) is 11.3 Å². The fourth-order valence-electron chi connectivity index (χ4n) is 2.31. The molecule has 0 aliphatic rings. The van der Waals surface area contributed by atoms with Gasteiger partial charge in [0.2, 0.25) is 0 Å². The van der Waals surface area contributed by atoms with Gasteiger partial charge in [-0.1, -0.05) is 29.8 Å². The van der Waals surface area contributed by atoms with Crippen molar-refractivity contribution in [2.45, 2.75) is 19.9 Å². The van der Waals surface area contributed by atoms with Gasteiger partial charge in [0.25, 0.3) is 5.56 Å². The minimum Gasteiger partial charge on any atom is -0.385 e. The number of benzene rings is 1. The Bertz CT molecular complexity index is 971. The van der Waals surface area contributed by atoms with Crippen molar-refractivity contribution in [3.05, 3.63) is 54.9 Å². The molecular formula is C18H17N3O2S. The topological polar surface area (TPSA) is 78.8 Å². The number of hydrogen-bond acceptors (Lipinski definition) is 5. The van der Waals surface area contributed by atoms with Crippen molar-refractivity contribution in [3.8, 4) is 12.1 Å². The van der Waals surface area contributed by atoms with Crippen LogP contribution in [-0.4, -0.2) is 18.3 Å². The van der Waals surface area contributed by atoms with Crippen LogP contribution in [0.4, 0.5) is 0 Å². The zero-order valence-corrected chi connectivity index (χ0v) is 14.4. The highest BCUT2D eigenvalue weighted by Crippen LogP contribution is 2.04. The van der Waals surface area contributed by atoms with E-state index in [0.29, 0.717) is 28.8 Å². The van der Waals surface area contributed by atoms with Crippen molar-refractivity contribution < 1.29 is 4.74 Å². The maximum Gasteiger partial charge on any atom is 0.269 e. The number of ether oxygens (including phenoxy) is 1. The van der Waals surface area contributed by atoms with Crippen LogP contribution >= 0.6 is 11.3 Å². The Kier molecular flexibility index (Phi) is 6.08. The van der Waals surface area contributed by atoms with Crippen molar-refractivity contribution in [2.75, 3.05) is 13.7 Å². The first-order chi connectivity index (χ1) is 11.6. The van der Waals surface area contributed by atoms with Gasteiger partial charge in [-0.05, 0) is 25.0 Å². The van der Waals surface area contributed by atoms with Crippen LogP contribution in [0.15, 0.2) is 29.1 Å². The van der Waals surface area contributed by atoms with E-state index >= 15 is 0 Å². The van der Waals surface area contributed by atoms with Crippen molar-refractivity contribution in [1.29, 1.82) is 10.5 Å². The zero-order valence-electron chi connectivity index (χ0n) is 13.6. The molecule has 0 bridgehead atoms. The van der Waals surface area contributed by atoms with Crippen molar-refractivity contribution in [2.24, 2.45) is 0 Å². The molecule has 0 aliphatic heterocycles. The van der Waals surface area contributed by atoms with E-state index in [1.54, 1.807) is 13.2 Å². The van der Waals surface area contributed by atoms with Gasteiger partial charge in [0, 0.05) is 20.3 Å². The van der Waals surface area contributed by atoms with Gasteiger partial charge in [-0.25, -0.2) is 0 Å². The van der Waals surface area contributed by atoms with Crippen molar-refractivity contribution in [3.63, 3.8) is 0 Å². The molecule has 2 rings (SSSR count). The Morgan fingerprint density at radius 1 is 1.38 bits per heavy atom. The van der Waals surface area contributed by atoms with Crippen molar-refractivity contribution in [1.82, 2.24) is 4.57 Å². The average molecular weight is 339 g/mol. The predicted octanol–water partition coefficient (Wildman–Crippen LogP) is 1.28. The predicted molar refractivity (Wildman–Crippen MR) is 93.7 cm³/mol. The summed E-state index contributed by atoms with van der Waals surface area (Å²) < 4.78 is 7.42. The van der Waals surface area contributed by atoms with Gasteiger partial charge in [0.05, 0.1) is 4.53 Å². The smallest absolute Gasteiger partial charge is 0.269 e. The van der Waals surface area contributed by atoms with Gasteiger partial charge in [-0.2, -0.15) is 10.5 Å². The summed E-state index contributed by atoms with van der Waals surface area (Å²) in [5.74, 6) is 0. The molecule has 0 saturated heterocycles. The largest absolute Gasteiger partial charge is 0.385 e. The molecule has 1 aromatic carbocycles. The Labute approximate surface area is 144 Å². The second kappa shape index (κ2) is 8.26. The van der Waals surface area contributed by atoms with Gasteiger partial charge in [-0.3, -0.25) is 9.36 Å². The summed E-state index contributed by atoms with van der Waals surface area (Å²) in [6.07, 6.45) is 2.43. The number of nitriles is 2. The fourth-order valence-corrected chi connectivity index (χ4v) is 3.39. The Balaban J connectivity index is 2.66. The van der Waals surface area contributed by atoms with Gasteiger partial charge < -0.3 is 4.74 Å². The normalized spacial score (nSPS) is 11.1. The molecule has 5 nitrogen and oxygen atoms in total. The molecule has 6 heteroatoms. The van der Waals surface area contributed by atoms with E-state index in [0.717, 1.165) is 11.1 Å². The van der Waals surface area contributed by atoms with Crippen LogP contribution in [0.25, 0.3) is 11.6 Å². The van der Waals surface area contributed by atoms with Crippen LogP contribution in [-0.2, 0) is 11.3 Å². The standard InChI is InChI=1S/C18H17N3O2S/c1-13-5-3-6-14(9-13)10-16-17(22)21(7-4-8-23-2)18(24-16)15(11-19)12-20/h3,5-6,9-10H,4,7-8H2,1-2H3/b16-10-. The maximum absolute atomic E-state index is 12.7. The van der Waals surface area contributed by atoms with E-state index in [4.69, 9.17) is 15.3 Å². The average Bonchev–Trinajstić information content (AvgIpc) is 2.86.